The zero-order valence-corrected chi connectivity index (χ0v) is 14.6. The van der Waals surface area contributed by atoms with Gasteiger partial charge in [-0.15, -0.1) is 0 Å². The van der Waals surface area contributed by atoms with E-state index in [0.717, 1.165) is 36.6 Å². The summed E-state index contributed by atoms with van der Waals surface area (Å²) >= 11 is 0. The van der Waals surface area contributed by atoms with Gasteiger partial charge in [0.2, 0.25) is 0 Å². The monoisotopic (exact) mass is 348 g/mol. The lowest BCUT2D eigenvalue weighted by Crippen LogP contribution is -2.29. The number of H-pyrrole nitrogens is 1. The molecule has 0 saturated heterocycles. The Morgan fingerprint density at radius 2 is 2.23 bits per heavy atom. The summed E-state index contributed by atoms with van der Waals surface area (Å²) in [5, 5.41) is 4.42. The molecule has 1 N–H and O–H groups in total. The van der Waals surface area contributed by atoms with Gasteiger partial charge in [-0.2, -0.15) is 5.10 Å². The van der Waals surface area contributed by atoms with Gasteiger partial charge in [-0.25, -0.2) is 14.6 Å². The predicted molar refractivity (Wildman–Crippen MR) is 98.8 cm³/mol. The van der Waals surface area contributed by atoms with E-state index in [1.54, 1.807) is 23.9 Å². The molecule has 0 amide bonds. The Morgan fingerprint density at radius 1 is 1.31 bits per heavy atom. The van der Waals surface area contributed by atoms with Crippen LogP contribution in [0.1, 0.15) is 23.5 Å². The second-order valence-corrected chi connectivity index (χ2v) is 6.40. The van der Waals surface area contributed by atoms with E-state index < -0.39 is 0 Å². The van der Waals surface area contributed by atoms with Crippen molar-refractivity contribution in [3.8, 4) is 5.82 Å². The molecule has 0 bridgehead atoms. The van der Waals surface area contributed by atoms with Crippen LogP contribution in [0.2, 0.25) is 0 Å². The number of nitrogens with one attached hydrogen (secondary N) is 1. The minimum absolute atomic E-state index is 0.0947. The summed E-state index contributed by atoms with van der Waals surface area (Å²) in [6.45, 7) is 4.24. The molecule has 0 saturated carbocycles. The third-order valence-electron chi connectivity index (χ3n) is 4.43. The van der Waals surface area contributed by atoms with Gasteiger partial charge in [0.05, 0.1) is 11.9 Å². The summed E-state index contributed by atoms with van der Waals surface area (Å²) in [6.07, 6.45) is 8.83. The summed E-state index contributed by atoms with van der Waals surface area (Å²) in [5.74, 6) is 1.47. The van der Waals surface area contributed by atoms with Crippen molar-refractivity contribution in [1.29, 1.82) is 0 Å². The molecule has 26 heavy (non-hydrogen) atoms. The van der Waals surface area contributed by atoms with Crippen molar-refractivity contribution in [2.45, 2.75) is 19.9 Å². The smallest absolute Gasteiger partial charge is 0.251 e. The van der Waals surface area contributed by atoms with Crippen LogP contribution in [-0.2, 0) is 6.54 Å². The van der Waals surface area contributed by atoms with Gasteiger partial charge in [-0.05, 0) is 31.1 Å². The lowest BCUT2D eigenvalue weighted by atomic mass is 10.0. The fourth-order valence-electron chi connectivity index (χ4n) is 3.17. The van der Waals surface area contributed by atoms with Gasteiger partial charge in [0.15, 0.2) is 5.82 Å². The number of hydrogen-bond donors (Lipinski definition) is 1. The molecular formula is C19H20N6O. The maximum atomic E-state index is 11.6. The number of aryl methyl sites for hydroxylation is 1. The molecule has 0 aliphatic carbocycles. The van der Waals surface area contributed by atoms with E-state index in [9.17, 15) is 4.79 Å². The molecule has 4 heterocycles. The molecule has 1 aliphatic rings. The Labute approximate surface area is 151 Å². The average molecular weight is 348 g/mol. The van der Waals surface area contributed by atoms with E-state index in [1.165, 1.54) is 5.57 Å². The predicted octanol–water partition coefficient (Wildman–Crippen LogP) is 1.95. The van der Waals surface area contributed by atoms with Crippen LogP contribution in [0.25, 0.3) is 11.4 Å². The van der Waals surface area contributed by atoms with E-state index in [4.69, 9.17) is 0 Å². The minimum atomic E-state index is -0.0947. The van der Waals surface area contributed by atoms with E-state index in [2.05, 4.69) is 31.0 Å². The molecule has 1 aliphatic heterocycles. The van der Waals surface area contributed by atoms with E-state index in [-0.39, 0.29) is 5.56 Å². The highest BCUT2D eigenvalue weighted by Gasteiger charge is 2.15. The number of aromatic nitrogens is 5. The van der Waals surface area contributed by atoms with Crippen molar-refractivity contribution in [3.05, 3.63) is 76.4 Å². The lowest BCUT2D eigenvalue weighted by Gasteiger charge is -2.25. The first-order valence-corrected chi connectivity index (χ1v) is 8.62. The first-order chi connectivity index (χ1) is 12.7. The fraction of sp³-hybridized carbons (Fsp3) is 0.263. The Hall–Kier alpha value is -3.06. The van der Waals surface area contributed by atoms with Crippen molar-refractivity contribution < 1.29 is 0 Å². The van der Waals surface area contributed by atoms with Gasteiger partial charge in [-0.1, -0.05) is 12.1 Å². The highest BCUT2D eigenvalue weighted by Crippen LogP contribution is 2.23. The zero-order chi connectivity index (χ0) is 17.9. The van der Waals surface area contributed by atoms with E-state index in [0.29, 0.717) is 12.4 Å². The van der Waals surface area contributed by atoms with Crippen LogP contribution in [0.3, 0.4) is 0 Å². The third kappa shape index (κ3) is 3.62. The van der Waals surface area contributed by atoms with Crippen molar-refractivity contribution in [2.75, 3.05) is 13.1 Å². The number of hydrogen-bond acceptors (Lipinski definition) is 5. The summed E-state index contributed by atoms with van der Waals surface area (Å²) in [4.78, 5) is 25.3. The van der Waals surface area contributed by atoms with Crippen LogP contribution in [0.4, 0.5) is 0 Å². The quantitative estimate of drug-likeness (QED) is 0.779. The van der Waals surface area contributed by atoms with Gasteiger partial charge < -0.3 is 4.98 Å². The van der Waals surface area contributed by atoms with Crippen LogP contribution in [-0.4, -0.2) is 42.7 Å². The molecule has 0 atom stereocenters. The normalized spacial score (nSPS) is 15.0. The Balaban J connectivity index is 1.45. The van der Waals surface area contributed by atoms with Crippen LogP contribution >= 0.6 is 0 Å². The lowest BCUT2D eigenvalue weighted by molar-refractivity contribution is 0.290. The molecule has 7 nitrogen and oxygen atoms in total. The third-order valence-corrected chi connectivity index (χ3v) is 4.43. The number of aromatic amines is 1. The van der Waals surface area contributed by atoms with Crippen molar-refractivity contribution >= 4 is 5.57 Å². The Morgan fingerprint density at radius 3 is 2.96 bits per heavy atom. The molecular weight excluding hydrogens is 328 g/mol. The van der Waals surface area contributed by atoms with Crippen molar-refractivity contribution in [2.24, 2.45) is 0 Å². The summed E-state index contributed by atoms with van der Waals surface area (Å²) in [7, 11) is 0. The van der Waals surface area contributed by atoms with E-state index >= 15 is 0 Å². The molecule has 3 aromatic rings. The largest absolute Gasteiger partial charge is 0.311 e. The van der Waals surface area contributed by atoms with Crippen molar-refractivity contribution in [3.63, 3.8) is 0 Å². The number of rotatable bonds is 4. The zero-order valence-electron chi connectivity index (χ0n) is 14.6. The van der Waals surface area contributed by atoms with E-state index in [1.807, 2.05) is 30.6 Å². The van der Waals surface area contributed by atoms with Crippen LogP contribution in [0.15, 0.2) is 53.7 Å². The van der Waals surface area contributed by atoms with Crippen LogP contribution in [0.5, 0.6) is 0 Å². The molecule has 0 radical (unpaired) electrons. The highest BCUT2D eigenvalue weighted by molar-refractivity contribution is 5.65. The summed E-state index contributed by atoms with van der Waals surface area (Å²) < 4.78 is 1.80. The first-order valence-electron chi connectivity index (χ1n) is 8.62. The van der Waals surface area contributed by atoms with Gasteiger partial charge in [-0.3, -0.25) is 9.69 Å². The number of nitrogens with zero attached hydrogens (tertiary/aromatic N) is 5. The summed E-state index contributed by atoms with van der Waals surface area (Å²) in [5.41, 5.74) is 3.13. The molecule has 132 valence electrons. The fourth-order valence-corrected chi connectivity index (χ4v) is 3.17. The molecule has 3 aromatic heterocycles. The molecule has 7 heteroatoms. The number of pyridine rings is 1. The summed E-state index contributed by atoms with van der Waals surface area (Å²) in [6, 6.07) is 7.35. The van der Waals surface area contributed by atoms with Crippen LogP contribution < -0.4 is 5.56 Å². The SMILES string of the molecule is Cc1nc(CN2CC=C(c3cnn(-c4ccccn4)c3)CC2)cc(=O)[nH]1. The van der Waals surface area contributed by atoms with Gasteiger partial charge in [0.25, 0.3) is 5.56 Å². The maximum absolute atomic E-state index is 11.6. The standard InChI is InChI=1S/C19H20N6O/c1-14-22-17(10-19(26)23-14)13-24-8-5-15(6-9-24)16-11-21-25(12-16)18-4-2-3-7-20-18/h2-5,7,10-12H,6,8-9,13H2,1H3,(H,22,23,26). The first kappa shape index (κ1) is 16.4. The Kier molecular flexibility index (Phi) is 4.45. The highest BCUT2D eigenvalue weighted by atomic mass is 16.1. The average Bonchev–Trinajstić information content (AvgIpc) is 3.12. The van der Waals surface area contributed by atoms with Crippen molar-refractivity contribution in [1.82, 2.24) is 29.6 Å². The van der Waals surface area contributed by atoms with Gasteiger partial charge >= 0.3 is 0 Å². The van der Waals surface area contributed by atoms with Gasteiger partial charge in [0.1, 0.15) is 5.82 Å². The molecule has 0 fully saturated rings. The van der Waals surface area contributed by atoms with Gasteiger partial charge in [0, 0.05) is 43.7 Å². The second-order valence-electron chi connectivity index (χ2n) is 6.40. The topological polar surface area (TPSA) is 79.7 Å². The Bertz CT molecular complexity index is 989. The molecule has 0 aromatic carbocycles. The molecule has 0 spiro atoms. The molecule has 0 unspecified atom stereocenters. The van der Waals surface area contributed by atoms with Crippen LogP contribution in [0, 0.1) is 6.92 Å². The molecule has 4 rings (SSSR count). The minimum Gasteiger partial charge on any atom is -0.311 e. The maximum Gasteiger partial charge on any atom is 0.251 e. The second kappa shape index (κ2) is 7.05.